The molecule has 0 aliphatic rings. The SMILES string of the molecule is CCc1nnc(NC(=O)CNC(=O)c2cccc(Cl)c2)s1. The van der Waals surface area contributed by atoms with Crippen molar-refractivity contribution in [1.82, 2.24) is 15.5 Å². The van der Waals surface area contributed by atoms with Crippen molar-refractivity contribution in [2.24, 2.45) is 0 Å². The van der Waals surface area contributed by atoms with Gasteiger partial charge >= 0.3 is 0 Å². The molecule has 8 heteroatoms. The Morgan fingerprint density at radius 3 is 2.81 bits per heavy atom. The Morgan fingerprint density at radius 1 is 1.33 bits per heavy atom. The number of halogens is 1. The lowest BCUT2D eigenvalue weighted by Crippen LogP contribution is -2.32. The van der Waals surface area contributed by atoms with E-state index >= 15 is 0 Å². The Kier molecular flexibility index (Phi) is 5.24. The molecule has 0 saturated heterocycles. The van der Waals surface area contributed by atoms with Gasteiger partial charge < -0.3 is 5.32 Å². The van der Waals surface area contributed by atoms with Crippen LogP contribution in [-0.2, 0) is 11.2 Å². The fraction of sp³-hybridized carbons (Fsp3) is 0.231. The van der Waals surface area contributed by atoms with Crippen LogP contribution in [0.3, 0.4) is 0 Å². The van der Waals surface area contributed by atoms with Gasteiger partial charge in [0.2, 0.25) is 11.0 Å². The highest BCUT2D eigenvalue weighted by Crippen LogP contribution is 2.15. The molecule has 2 aromatic rings. The van der Waals surface area contributed by atoms with Crippen LogP contribution in [0.5, 0.6) is 0 Å². The molecule has 6 nitrogen and oxygen atoms in total. The summed E-state index contributed by atoms with van der Waals surface area (Å²) in [5, 5.41) is 14.5. The third kappa shape index (κ3) is 4.51. The number of carbonyl (C=O) groups excluding carboxylic acids is 2. The fourth-order valence-corrected chi connectivity index (χ4v) is 2.39. The Hall–Kier alpha value is -1.99. The average Bonchev–Trinajstić information content (AvgIpc) is 2.92. The number of hydrogen-bond donors (Lipinski definition) is 2. The molecule has 0 aliphatic heterocycles. The highest BCUT2D eigenvalue weighted by Gasteiger charge is 2.10. The van der Waals surface area contributed by atoms with Gasteiger partial charge in [0.25, 0.3) is 5.91 Å². The first kappa shape index (κ1) is 15.4. The van der Waals surface area contributed by atoms with Crippen LogP contribution in [-0.4, -0.2) is 28.6 Å². The number of carbonyl (C=O) groups is 2. The number of nitrogens with zero attached hydrogens (tertiary/aromatic N) is 2. The van der Waals surface area contributed by atoms with Crippen molar-refractivity contribution < 1.29 is 9.59 Å². The molecule has 0 radical (unpaired) electrons. The molecule has 0 fully saturated rings. The third-order valence-corrected chi connectivity index (χ3v) is 3.73. The fourth-order valence-electron chi connectivity index (χ4n) is 1.50. The second kappa shape index (κ2) is 7.14. The van der Waals surface area contributed by atoms with Crippen LogP contribution in [0.1, 0.15) is 22.3 Å². The van der Waals surface area contributed by atoms with E-state index in [0.29, 0.717) is 15.7 Å². The van der Waals surface area contributed by atoms with Gasteiger partial charge in [-0.15, -0.1) is 10.2 Å². The molecular weight excluding hydrogens is 312 g/mol. The van der Waals surface area contributed by atoms with Crippen molar-refractivity contribution in [3.8, 4) is 0 Å². The van der Waals surface area contributed by atoms with E-state index in [1.54, 1.807) is 18.2 Å². The molecule has 21 heavy (non-hydrogen) atoms. The van der Waals surface area contributed by atoms with E-state index in [-0.39, 0.29) is 18.4 Å². The predicted molar refractivity (Wildman–Crippen MR) is 81.7 cm³/mol. The van der Waals surface area contributed by atoms with Gasteiger partial charge in [0, 0.05) is 10.6 Å². The van der Waals surface area contributed by atoms with Crippen LogP contribution in [0.25, 0.3) is 0 Å². The summed E-state index contributed by atoms with van der Waals surface area (Å²) in [6.45, 7) is 1.81. The number of nitrogens with one attached hydrogen (secondary N) is 2. The van der Waals surface area contributed by atoms with Crippen molar-refractivity contribution in [2.45, 2.75) is 13.3 Å². The van der Waals surface area contributed by atoms with Crippen LogP contribution in [0, 0.1) is 0 Å². The van der Waals surface area contributed by atoms with Crippen molar-refractivity contribution >= 4 is 39.9 Å². The minimum atomic E-state index is -0.362. The van der Waals surface area contributed by atoms with E-state index < -0.39 is 0 Å². The zero-order valence-corrected chi connectivity index (χ0v) is 12.8. The summed E-state index contributed by atoms with van der Waals surface area (Å²) in [6, 6.07) is 6.50. The summed E-state index contributed by atoms with van der Waals surface area (Å²) in [7, 11) is 0. The molecule has 0 atom stereocenters. The van der Waals surface area contributed by atoms with Gasteiger partial charge in [-0.1, -0.05) is 35.9 Å². The van der Waals surface area contributed by atoms with E-state index in [9.17, 15) is 9.59 Å². The van der Waals surface area contributed by atoms with Gasteiger partial charge in [-0.2, -0.15) is 0 Å². The molecule has 2 amide bonds. The molecule has 0 bridgehead atoms. The lowest BCUT2D eigenvalue weighted by molar-refractivity contribution is -0.115. The minimum Gasteiger partial charge on any atom is -0.343 e. The van der Waals surface area contributed by atoms with E-state index in [1.807, 2.05) is 6.92 Å². The second-order valence-electron chi connectivity index (χ2n) is 4.10. The molecule has 0 unspecified atom stereocenters. The highest BCUT2D eigenvalue weighted by atomic mass is 35.5. The first-order chi connectivity index (χ1) is 10.1. The van der Waals surface area contributed by atoms with E-state index in [1.165, 1.54) is 17.4 Å². The topological polar surface area (TPSA) is 84.0 Å². The van der Waals surface area contributed by atoms with E-state index in [4.69, 9.17) is 11.6 Å². The maximum atomic E-state index is 11.8. The van der Waals surface area contributed by atoms with Crippen molar-refractivity contribution in [1.29, 1.82) is 0 Å². The van der Waals surface area contributed by atoms with E-state index in [2.05, 4.69) is 20.8 Å². The number of aromatic nitrogens is 2. The van der Waals surface area contributed by atoms with Gasteiger partial charge in [-0.3, -0.25) is 14.9 Å². The largest absolute Gasteiger partial charge is 0.343 e. The maximum absolute atomic E-state index is 11.8. The molecular formula is C13H13ClN4O2S. The predicted octanol–water partition coefficient (Wildman–Crippen LogP) is 2.12. The summed E-state index contributed by atoms with van der Waals surface area (Å²) in [4.78, 5) is 23.5. The summed E-state index contributed by atoms with van der Waals surface area (Å²) in [5.41, 5.74) is 0.402. The first-order valence-corrected chi connectivity index (χ1v) is 7.44. The first-order valence-electron chi connectivity index (χ1n) is 6.24. The van der Waals surface area contributed by atoms with Gasteiger partial charge in [0.15, 0.2) is 0 Å². The molecule has 2 N–H and O–H groups in total. The summed E-state index contributed by atoms with van der Waals surface area (Å²) < 4.78 is 0. The molecule has 0 spiro atoms. The molecule has 110 valence electrons. The maximum Gasteiger partial charge on any atom is 0.251 e. The Morgan fingerprint density at radius 2 is 2.14 bits per heavy atom. The quantitative estimate of drug-likeness (QED) is 0.882. The molecule has 1 aromatic carbocycles. The average molecular weight is 325 g/mol. The summed E-state index contributed by atoms with van der Waals surface area (Å²) in [5.74, 6) is -0.719. The third-order valence-electron chi connectivity index (χ3n) is 2.51. The van der Waals surface area contributed by atoms with Crippen LogP contribution in [0.4, 0.5) is 5.13 Å². The smallest absolute Gasteiger partial charge is 0.251 e. The lowest BCUT2D eigenvalue weighted by atomic mass is 10.2. The van der Waals surface area contributed by atoms with Crippen LogP contribution >= 0.6 is 22.9 Å². The Labute approximate surface area is 130 Å². The van der Waals surface area contributed by atoms with Crippen molar-refractivity contribution in [2.75, 3.05) is 11.9 Å². The monoisotopic (exact) mass is 324 g/mol. The van der Waals surface area contributed by atoms with Gasteiger partial charge in [-0.25, -0.2) is 0 Å². The zero-order chi connectivity index (χ0) is 15.2. The highest BCUT2D eigenvalue weighted by molar-refractivity contribution is 7.15. The number of amides is 2. The van der Waals surface area contributed by atoms with Crippen LogP contribution in [0.2, 0.25) is 5.02 Å². The van der Waals surface area contributed by atoms with E-state index in [0.717, 1.165) is 11.4 Å². The normalized spacial score (nSPS) is 10.2. The van der Waals surface area contributed by atoms with Gasteiger partial charge in [0.1, 0.15) is 5.01 Å². The van der Waals surface area contributed by atoms with Gasteiger partial charge in [0.05, 0.1) is 6.54 Å². The number of rotatable bonds is 5. The number of hydrogen-bond acceptors (Lipinski definition) is 5. The molecule has 1 aromatic heterocycles. The molecule has 1 heterocycles. The minimum absolute atomic E-state index is 0.146. The van der Waals surface area contributed by atoms with Crippen molar-refractivity contribution in [3.63, 3.8) is 0 Å². The second-order valence-corrected chi connectivity index (χ2v) is 5.59. The number of aryl methyl sites for hydroxylation is 1. The van der Waals surface area contributed by atoms with Gasteiger partial charge in [-0.05, 0) is 24.6 Å². The van der Waals surface area contributed by atoms with Crippen LogP contribution in [0.15, 0.2) is 24.3 Å². The molecule has 0 saturated carbocycles. The molecule has 0 aliphatic carbocycles. The number of anilines is 1. The lowest BCUT2D eigenvalue weighted by Gasteiger charge is -2.05. The summed E-state index contributed by atoms with van der Waals surface area (Å²) in [6.07, 6.45) is 0.763. The molecule has 2 rings (SSSR count). The number of benzene rings is 1. The Bertz CT molecular complexity index is 659. The van der Waals surface area contributed by atoms with Crippen LogP contribution < -0.4 is 10.6 Å². The Balaban J connectivity index is 1.85. The van der Waals surface area contributed by atoms with Crippen molar-refractivity contribution in [3.05, 3.63) is 39.9 Å². The zero-order valence-electron chi connectivity index (χ0n) is 11.2. The standard InChI is InChI=1S/C13H13ClN4O2S/c1-2-11-17-18-13(21-11)16-10(19)7-15-12(20)8-4-3-5-9(14)6-8/h3-6H,2,7H2,1H3,(H,15,20)(H,16,18,19). The summed E-state index contributed by atoms with van der Waals surface area (Å²) >= 11 is 7.11.